The van der Waals surface area contributed by atoms with Crippen LogP contribution in [0.5, 0.6) is 0 Å². The molecule has 1 N–H and O–H groups in total. The summed E-state index contributed by atoms with van der Waals surface area (Å²) >= 11 is 4.04. The molecule has 0 heterocycles. The number of carbonyl (C=O) groups is 1. The predicted octanol–water partition coefficient (Wildman–Crippen LogP) is 4.35. The first kappa shape index (κ1) is 15.5. The molecule has 0 amide bonds. The fourth-order valence-electron chi connectivity index (χ4n) is 1.61. The summed E-state index contributed by atoms with van der Waals surface area (Å²) in [4.78, 5) is 21.7. The Labute approximate surface area is 131 Å². The maximum atomic E-state index is 13.5. The molecular weight excluding hydrogens is 365 g/mol. The molecule has 0 saturated heterocycles. The van der Waals surface area contributed by atoms with Gasteiger partial charge in [0, 0.05) is 9.37 Å². The second kappa shape index (κ2) is 6.23. The molecule has 2 rings (SSSR count). The van der Waals surface area contributed by atoms with Crippen molar-refractivity contribution in [3.63, 3.8) is 0 Å². The van der Waals surface area contributed by atoms with E-state index in [0.717, 1.165) is 17.8 Å². The minimum atomic E-state index is -1.13. The van der Waals surface area contributed by atoms with Gasteiger partial charge in [0.2, 0.25) is 5.82 Å². The lowest BCUT2D eigenvalue weighted by molar-refractivity contribution is -0.390. The molecule has 0 aliphatic carbocycles. The minimum absolute atomic E-state index is 0.0269. The third kappa shape index (κ3) is 3.40. The molecule has 0 fully saturated rings. The van der Waals surface area contributed by atoms with Crippen LogP contribution in [0.1, 0.15) is 10.4 Å². The number of hydrogen-bond donors (Lipinski definition) is 1. The lowest BCUT2D eigenvalue weighted by Crippen LogP contribution is -1.98. The Bertz CT molecular complexity index is 738. The highest BCUT2D eigenvalue weighted by Crippen LogP contribution is 2.37. The Balaban J connectivity index is 2.44. The fourth-order valence-corrected chi connectivity index (χ4v) is 3.01. The van der Waals surface area contributed by atoms with Gasteiger partial charge in [-0.15, -0.1) is 0 Å². The van der Waals surface area contributed by atoms with E-state index in [9.17, 15) is 19.3 Å². The minimum Gasteiger partial charge on any atom is -0.478 e. The Morgan fingerprint density at radius 1 is 1.33 bits per heavy atom. The maximum absolute atomic E-state index is 13.5. The zero-order chi connectivity index (χ0) is 15.6. The molecule has 0 aromatic heterocycles. The lowest BCUT2D eigenvalue weighted by atomic mass is 10.2. The van der Waals surface area contributed by atoms with Crippen LogP contribution in [-0.2, 0) is 0 Å². The van der Waals surface area contributed by atoms with E-state index in [1.54, 1.807) is 6.07 Å². The van der Waals surface area contributed by atoms with E-state index in [-0.39, 0.29) is 10.5 Å². The molecule has 5 nitrogen and oxygen atoms in total. The summed E-state index contributed by atoms with van der Waals surface area (Å²) in [5, 5.41) is 19.9. The Morgan fingerprint density at radius 3 is 2.67 bits per heavy atom. The zero-order valence-corrected chi connectivity index (χ0v) is 12.6. The van der Waals surface area contributed by atoms with Crippen molar-refractivity contribution in [2.75, 3.05) is 0 Å². The second-order valence-electron chi connectivity index (χ2n) is 3.89. The highest BCUT2D eigenvalue weighted by atomic mass is 79.9. The van der Waals surface area contributed by atoms with Crippen LogP contribution in [0, 0.1) is 15.9 Å². The van der Waals surface area contributed by atoms with E-state index >= 15 is 0 Å². The Morgan fingerprint density at radius 2 is 2.05 bits per heavy atom. The highest BCUT2D eigenvalue weighted by molar-refractivity contribution is 9.10. The van der Waals surface area contributed by atoms with E-state index in [1.165, 1.54) is 24.3 Å². The van der Waals surface area contributed by atoms with Gasteiger partial charge in [0.05, 0.1) is 15.4 Å². The van der Waals surface area contributed by atoms with Gasteiger partial charge in [0.1, 0.15) is 0 Å². The first-order chi connectivity index (χ1) is 9.90. The van der Waals surface area contributed by atoms with Crippen molar-refractivity contribution in [3.05, 3.63) is 62.4 Å². The predicted molar refractivity (Wildman–Crippen MR) is 78.3 cm³/mol. The third-order valence-electron chi connectivity index (χ3n) is 2.53. The van der Waals surface area contributed by atoms with Crippen molar-refractivity contribution >= 4 is 39.3 Å². The van der Waals surface area contributed by atoms with Gasteiger partial charge in [-0.1, -0.05) is 17.8 Å². The normalized spacial score (nSPS) is 10.4. The van der Waals surface area contributed by atoms with Gasteiger partial charge < -0.3 is 5.11 Å². The maximum Gasteiger partial charge on any atom is 0.336 e. The second-order valence-corrected chi connectivity index (χ2v) is 5.86. The molecule has 2 aromatic rings. The number of carboxylic acids is 1. The Hall–Kier alpha value is -1.93. The average molecular weight is 372 g/mol. The molecule has 0 bridgehead atoms. The number of benzene rings is 2. The van der Waals surface area contributed by atoms with Gasteiger partial charge >= 0.3 is 11.7 Å². The largest absolute Gasteiger partial charge is 0.478 e. The molecule has 0 aliphatic heterocycles. The zero-order valence-electron chi connectivity index (χ0n) is 10.2. The van der Waals surface area contributed by atoms with Crippen molar-refractivity contribution in [1.29, 1.82) is 0 Å². The number of nitrogens with zero attached hydrogens (tertiary/aromatic N) is 1. The molecule has 0 aliphatic rings. The molecule has 8 heteroatoms. The Kier molecular flexibility index (Phi) is 4.59. The number of aromatic carboxylic acids is 1. The SMILES string of the molecule is O=C(O)c1cc(Sc2cccc(F)c2[N+](=O)[O-])ccc1Br. The molecule has 0 unspecified atom stereocenters. The van der Waals surface area contributed by atoms with Gasteiger partial charge in [0.25, 0.3) is 0 Å². The summed E-state index contributed by atoms with van der Waals surface area (Å²) in [6.07, 6.45) is 0. The van der Waals surface area contributed by atoms with E-state index < -0.39 is 22.4 Å². The summed E-state index contributed by atoms with van der Waals surface area (Å²) in [6.45, 7) is 0. The van der Waals surface area contributed by atoms with Crippen molar-refractivity contribution in [3.8, 4) is 0 Å². The van der Waals surface area contributed by atoms with Crippen LogP contribution in [-0.4, -0.2) is 16.0 Å². The molecule has 21 heavy (non-hydrogen) atoms. The highest BCUT2D eigenvalue weighted by Gasteiger charge is 2.21. The summed E-state index contributed by atoms with van der Waals surface area (Å²) in [7, 11) is 0. The number of halogens is 2. The van der Waals surface area contributed by atoms with Crippen LogP contribution < -0.4 is 0 Å². The standard InChI is InChI=1S/C13H7BrFNO4S/c14-9-5-4-7(6-8(9)13(17)18)21-11-3-1-2-10(15)12(11)16(19)20/h1-6H,(H,17,18). The van der Waals surface area contributed by atoms with Crippen molar-refractivity contribution in [2.24, 2.45) is 0 Å². The van der Waals surface area contributed by atoms with Crippen LogP contribution in [0.25, 0.3) is 0 Å². The van der Waals surface area contributed by atoms with Gasteiger partial charge in [-0.2, -0.15) is 4.39 Å². The molecule has 2 aromatic carbocycles. The molecule has 0 saturated carbocycles. The van der Waals surface area contributed by atoms with Crippen LogP contribution >= 0.6 is 27.7 Å². The van der Waals surface area contributed by atoms with E-state index in [4.69, 9.17) is 5.11 Å². The molecule has 0 spiro atoms. The number of para-hydroxylation sites is 1. The molecule has 0 radical (unpaired) electrons. The van der Waals surface area contributed by atoms with Crippen molar-refractivity contribution in [2.45, 2.75) is 9.79 Å². The number of nitro groups is 1. The van der Waals surface area contributed by atoms with E-state index in [1.807, 2.05) is 0 Å². The van der Waals surface area contributed by atoms with E-state index in [2.05, 4.69) is 15.9 Å². The van der Waals surface area contributed by atoms with Crippen molar-refractivity contribution < 1.29 is 19.2 Å². The smallest absolute Gasteiger partial charge is 0.336 e. The summed E-state index contributed by atoms with van der Waals surface area (Å²) in [5.74, 6) is -2.06. The third-order valence-corrected chi connectivity index (χ3v) is 4.26. The van der Waals surface area contributed by atoms with Gasteiger partial charge in [0.15, 0.2) is 0 Å². The summed E-state index contributed by atoms with van der Waals surface area (Å²) in [6, 6.07) is 8.26. The fraction of sp³-hybridized carbons (Fsp3) is 0. The van der Waals surface area contributed by atoms with Crippen LogP contribution in [0.15, 0.2) is 50.7 Å². The van der Waals surface area contributed by atoms with Crippen LogP contribution in [0.3, 0.4) is 0 Å². The number of carboxylic acid groups (broad SMARTS) is 1. The average Bonchev–Trinajstić information content (AvgIpc) is 2.40. The van der Waals surface area contributed by atoms with Gasteiger partial charge in [-0.3, -0.25) is 10.1 Å². The van der Waals surface area contributed by atoms with E-state index in [0.29, 0.717) is 9.37 Å². The molecule has 108 valence electrons. The summed E-state index contributed by atoms with van der Waals surface area (Å²) < 4.78 is 13.9. The first-order valence-corrected chi connectivity index (χ1v) is 7.14. The molecular formula is C13H7BrFNO4S. The summed E-state index contributed by atoms with van der Waals surface area (Å²) in [5.41, 5.74) is -0.596. The quantitative estimate of drug-likeness (QED) is 0.638. The monoisotopic (exact) mass is 371 g/mol. The van der Waals surface area contributed by atoms with Crippen LogP contribution in [0.2, 0.25) is 0 Å². The number of rotatable bonds is 4. The van der Waals surface area contributed by atoms with Gasteiger partial charge in [-0.05, 0) is 46.3 Å². The van der Waals surface area contributed by atoms with Gasteiger partial charge in [-0.25, -0.2) is 4.79 Å². The molecule has 0 atom stereocenters. The van der Waals surface area contributed by atoms with Crippen LogP contribution in [0.4, 0.5) is 10.1 Å². The number of hydrogen-bond acceptors (Lipinski definition) is 4. The number of nitro benzene ring substituents is 1. The lowest BCUT2D eigenvalue weighted by Gasteiger charge is -2.06. The van der Waals surface area contributed by atoms with Crippen molar-refractivity contribution in [1.82, 2.24) is 0 Å². The topological polar surface area (TPSA) is 80.4 Å². The first-order valence-electron chi connectivity index (χ1n) is 5.53.